The number of piperidine rings is 1. The first-order chi connectivity index (χ1) is 13.2. The maximum Gasteiger partial charge on any atom is 0.108 e. The Morgan fingerprint density at radius 3 is 2.56 bits per heavy atom. The van der Waals surface area contributed by atoms with Crippen molar-refractivity contribution >= 4 is 5.69 Å². The molecular formula is C22H32N4O. The molecule has 0 bridgehead atoms. The van der Waals surface area contributed by atoms with Gasteiger partial charge in [-0.15, -0.1) is 0 Å². The smallest absolute Gasteiger partial charge is 0.108 e. The van der Waals surface area contributed by atoms with Crippen molar-refractivity contribution in [3.8, 4) is 0 Å². The van der Waals surface area contributed by atoms with E-state index >= 15 is 0 Å². The fourth-order valence-corrected chi connectivity index (χ4v) is 4.55. The van der Waals surface area contributed by atoms with Crippen LogP contribution in [-0.2, 0) is 19.5 Å². The van der Waals surface area contributed by atoms with E-state index in [9.17, 15) is 5.11 Å². The molecule has 0 aliphatic carbocycles. The lowest BCUT2D eigenvalue weighted by atomic mass is 9.91. The van der Waals surface area contributed by atoms with Crippen LogP contribution in [0, 0.1) is 0 Å². The van der Waals surface area contributed by atoms with Gasteiger partial charge in [0, 0.05) is 57.2 Å². The average molecular weight is 369 g/mol. The summed E-state index contributed by atoms with van der Waals surface area (Å²) in [6.45, 7) is 8.01. The summed E-state index contributed by atoms with van der Waals surface area (Å²) in [5.41, 5.74) is 2.21. The quantitative estimate of drug-likeness (QED) is 0.851. The number of aryl methyl sites for hydroxylation is 1. The van der Waals surface area contributed by atoms with E-state index in [1.165, 1.54) is 37.2 Å². The molecule has 2 aliphatic heterocycles. The van der Waals surface area contributed by atoms with Gasteiger partial charge in [-0.1, -0.05) is 25.1 Å². The van der Waals surface area contributed by atoms with Crippen LogP contribution in [0.5, 0.6) is 0 Å². The summed E-state index contributed by atoms with van der Waals surface area (Å²) in [5.74, 6) is 1.06. The highest BCUT2D eigenvalue weighted by atomic mass is 16.3. The minimum Gasteiger partial charge on any atom is -0.388 e. The molecule has 3 heterocycles. The highest BCUT2D eigenvalue weighted by Crippen LogP contribution is 2.29. The summed E-state index contributed by atoms with van der Waals surface area (Å²) in [4.78, 5) is 9.41. The molecule has 0 amide bonds. The zero-order valence-corrected chi connectivity index (χ0v) is 16.5. The van der Waals surface area contributed by atoms with Gasteiger partial charge in [-0.05, 0) is 37.3 Å². The molecule has 1 N–H and O–H groups in total. The summed E-state index contributed by atoms with van der Waals surface area (Å²) >= 11 is 0. The van der Waals surface area contributed by atoms with E-state index < -0.39 is 5.60 Å². The molecule has 27 heavy (non-hydrogen) atoms. The zero-order valence-electron chi connectivity index (χ0n) is 16.5. The van der Waals surface area contributed by atoms with Crippen LogP contribution < -0.4 is 4.90 Å². The number of likely N-dealkylation sites (tertiary alicyclic amines) is 1. The minimum absolute atomic E-state index is 0.615. The third-order valence-corrected chi connectivity index (χ3v) is 6.20. The maximum absolute atomic E-state index is 11.1. The molecule has 0 radical (unpaired) electrons. The van der Waals surface area contributed by atoms with E-state index in [0.29, 0.717) is 6.54 Å². The molecule has 5 heteroatoms. The highest BCUT2D eigenvalue weighted by molar-refractivity contribution is 5.54. The monoisotopic (exact) mass is 368 g/mol. The van der Waals surface area contributed by atoms with Gasteiger partial charge in [0.1, 0.15) is 5.82 Å². The third-order valence-electron chi connectivity index (χ3n) is 6.20. The van der Waals surface area contributed by atoms with Crippen molar-refractivity contribution in [1.29, 1.82) is 0 Å². The molecule has 0 saturated carbocycles. The van der Waals surface area contributed by atoms with Crippen molar-refractivity contribution in [3.63, 3.8) is 0 Å². The van der Waals surface area contributed by atoms with Crippen molar-refractivity contribution in [2.45, 2.75) is 57.7 Å². The Morgan fingerprint density at radius 2 is 1.81 bits per heavy atom. The van der Waals surface area contributed by atoms with Crippen molar-refractivity contribution < 1.29 is 5.11 Å². The van der Waals surface area contributed by atoms with Crippen LogP contribution in [0.15, 0.2) is 36.7 Å². The Labute approximate surface area is 162 Å². The van der Waals surface area contributed by atoms with Gasteiger partial charge in [-0.3, -0.25) is 4.90 Å². The Morgan fingerprint density at radius 1 is 1.07 bits per heavy atom. The largest absolute Gasteiger partial charge is 0.388 e. The molecule has 0 atom stereocenters. The molecule has 2 aromatic rings. The van der Waals surface area contributed by atoms with Crippen molar-refractivity contribution in [1.82, 2.24) is 14.5 Å². The first-order valence-electron chi connectivity index (χ1n) is 10.4. The van der Waals surface area contributed by atoms with Gasteiger partial charge >= 0.3 is 0 Å². The molecule has 1 aromatic heterocycles. The van der Waals surface area contributed by atoms with Gasteiger partial charge in [0.15, 0.2) is 0 Å². The number of anilines is 1. The van der Waals surface area contributed by atoms with Crippen LogP contribution in [0.1, 0.15) is 44.0 Å². The molecule has 2 aliphatic rings. The number of nitrogens with zero attached hydrogens (tertiary/aromatic N) is 4. The second-order valence-electron chi connectivity index (χ2n) is 8.15. The molecule has 1 aromatic carbocycles. The number of benzene rings is 1. The van der Waals surface area contributed by atoms with Crippen LogP contribution in [0.4, 0.5) is 5.69 Å². The van der Waals surface area contributed by atoms with Gasteiger partial charge in [0.25, 0.3) is 0 Å². The SMILES string of the molecule is CCc1nccn1CC1(O)CCN(Cc2ccccc2N2CCCC2)CC1. The summed E-state index contributed by atoms with van der Waals surface area (Å²) in [7, 11) is 0. The summed E-state index contributed by atoms with van der Waals surface area (Å²) in [6, 6.07) is 8.85. The number of hydrogen-bond acceptors (Lipinski definition) is 4. The van der Waals surface area contributed by atoms with E-state index in [1.54, 1.807) is 0 Å². The Bertz CT molecular complexity index is 742. The van der Waals surface area contributed by atoms with Gasteiger partial charge in [0.2, 0.25) is 0 Å². The van der Waals surface area contributed by atoms with E-state index in [0.717, 1.165) is 44.7 Å². The molecule has 0 spiro atoms. The fourth-order valence-electron chi connectivity index (χ4n) is 4.55. The van der Waals surface area contributed by atoms with Gasteiger partial charge < -0.3 is 14.6 Å². The lowest BCUT2D eigenvalue weighted by Crippen LogP contribution is -2.46. The normalized spacial score (nSPS) is 20.3. The second-order valence-corrected chi connectivity index (χ2v) is 8.15. The Balaban J connectivity index is 1.37. The topological polar surface area (TPSA) is 44.5 Å². The van der Waals surface area contributed by atoms with Crippen molar-refractivity contribution in [2.75, 3.05) is 31.1 Å². The van der Waals surface area contributed by atoms with E-state index in [1.807, 2.05) is 12.4 Å². The predicted octanol–water partition coefficient (Wildman–Crippen LogP) is 3.07. The number of imidazole rings is 1. The number of rotatable bonds is 6. The van der Waals surface area contributed by atoms with E-state index in [-0.39, 0.29) is 0 Å². The molecular weight excluding hydrogens is 336 g/mol. The minimum atomic E-state index is -0.615. The summed E-state index contributed by atoms with van der Waals surface area (Å²) < 4.78 is 2.12. The number of aliphatic hydroxyl groups is 1. The molecule has 5 nitrogen and oxygen atoms in total. The van der Waals surface area contributed by atoms with E-state index in [4.69, 9.17) is 0 Å². The Kier molecular flexibility index (Phi) is 5.50. The second kappa shape index (κ2) is 8.03. The Hall–Kier alpha value is -1.85. The predicted molar refractivity (Wildman–Crippen MR) is 109 cm³/mol. The van der Waals surface area contributed by atoms with Crippen LogP contribution in [0.3, 0.4) is 0 Å². The van der Waals surface area contributed by atoms with Crippen LogP contribution in [0.25, 0.3) is 0 Å². The molecule has 2 saturated heterocycles. The van der Waals surface area contributed by atoms with Gasteiger partial charge in [-0.25, -0.2) is 4.98 Å². The van der Waals surface area contributed by atoms with Crippen molar-refractivity contribution in [2.24, 2.45) is 0 Å². The molecule has 4 rings (SSSR count). The molecule has 2 fully saturated rings. The van der Waals surface area contributed by atoms with Gasteiger partial charge in [0.05, 0.1) is 12.1 Å². The van der Waals surface area contributed by atoms with Crippen molar-refractivity contribution in [3.05, 3.63) is 48.0 Å². The highest BCUT2D eigenvalue weighted by Gasteiger charge is 2.33. The standard InChI is InChI=1S/C22H32N4O/c1-2-21-23-11-16-26(21)18-22(27)9-14-24(15-10-22)17-19-7-3-4-8-20(19)25-12-5-6-13-25/h3-4,7-8,11,16,27H,2,5-6,9-10,12-15,17-18H2,1H3. The van der Waals surface area contributed by atoms with Crippen LogP contribution in [-0.4, -0.2) is 51.3 Å². The zero-order chi connectivity index (χ0) is 18.7. The van der Waals surface area contributed by atoms with Crippen LogP contribution in [0.2, 0.25) is 0 Å². The first-order valence-corrected chi connectivity index (χ1v) is 10.4. The molecule has 0 unspecified atom stereocenters. The lowest BCUT2D eigenvalue weighted by molar-refractivity contribution is -0.0362. The number of hydrogen-bond donors (Lipinski definition) is 1. The maximum atomic E-state index is 11.1. The summed E-state index contributed by atoms with van der Waals surface area (Å²) in [6.07, 6.45) is 8.99. The van der Waals surface area contributed by atoms with Gasteiger partial charge in [-0.2, -0.15) is 0 Å². The molecule has 146 valence electrons. The van der Waals surface area contributed by atoms with Crippen LogP contribution >= 0.6 is 0 Å². The van der Waals surface area contributed by atoms with E-state index in [2.05, 4.69) is 50.5 Å². The average Bonchev–Trinajstić information content (AvgIpc) is 3.36. The first kappa shape index (κ1) is 18.5. The fraction of sp³-hybridized carbons (Fsp3) is 0.591. The lowest BCUT2D eigenvalue weighted by Gasteiger charge is -2.39. The number of para-hydroxylation sites is 1. The summed E-state index contributed by atoms with van der Waals surface area (Å²) in [5, 5.41) is 11.1. The third kappa shape index (κ3) is 4.19. The number of aromatic nitrogens is 2.